The summed E-state index contributed by atoms with van der Waals surface area (Å²) in [6.07, 6.45) is 1.13. The Hall–Kier alpha value is -1.59. The minimum Gasteiger partial charge on any atom is -0.494 e. The molecule has 1 aromatic rings. The van der Waals surface area contributed by atoms with E-state index in [9.17, 15) is 4.79 Å². The zero-order valence-corrected chi connectivity index (χ0v) is 10.6. The Morgan fingerprint density at radius 1 is 1.39 bits per heavy atom. The van der Waals surface area contributed by atoms with Crippen LogP contribution < -0.4 is 16.2 Å². The summed E-state index contributed by atoms with van der Waals surface area (Å²) in [5.41, 5.74) is 10.7. The molecule has 100 valence electrons. The predicted molar refractivity (Wildman–Crippen MR) is 68.9 cm³/mol. The number of aliphatic hydroxyl groups is 1. The molecule has 1 amide bonds. The van der Waals surface area contributed by atoms with Gasteiger partial charge in [-0.05, 0) is 37.5 Å². The minimum atomic E-state index is -0.982. The average Bonchev–Trinajstić information content (AvgIpc) is 2.35. The third-order valence-corrected chi connectivity index (χ3v) is 2.78. The zero-order chi connectivity index (χ0) is 13.6. The molecular weight excluding hydrogens is 232 g/mol. The molecule has 0 spiro atoms. The first kappa shape index (κ1) is 14.5. The quantitative estimate of drug-likeness (QED) is 0.617. The van der Waals surface area contributed by atoms with E-state index in [-0.39, 0.29) is 6.61 Å². The topological polar surface area (TPSA) is 98.6 Å². The second-order valence-corrected chi connectivity index (χ2v) is 4.54. The summed E-state index contributed by atoms with van der Waals surface area (Å²) in [4.78, 5) is 11.0. The van der Waals surface area contributed by atoms with Crippen LogP contribution in [0.3, 0.4) is 0 Å². The van der Waals surface area contributed by atoms with Crippen LogP contribution in [0.15, 0.2) is 24.3 Å². The zero-order valence-electron chi connectivity index (χ0n) is 10.6. The van der Waals surface area contributed by atoms with Crippen molar-refractivity contribution < 1.29 is 14.6 Å². The van der Waals surface area contributed by atoms with E-state index in [1.165, 1.54) is 0 Å². The summed E-state index contributed by atoms with van der Waals surface area (Å²) >= 11 is 0. The van der Waals surface area contributed by atoms with Crippen LogP contribution in [-0.2, 0) is 11.4 Å². The van der Waals surface area contributed by atoms with Gasteiger partial charge in [0.25, 0.3) is 0 Å². The first-order chi connectivity index (χ1) is 8.45. The fourth-order valence-corrected chi connectivity index (χ4v) is 1.44. The third kappa shape index (κ3) is 4.35. The second kappa shape index (κ2) is 6.37. The lowest BCUT2D eigenvalue weighted by atomic mass is 9.97. The minimum absolute atomic E-state index is 0.0183. The molecule has 1 rings (SSSR count). The number of primary amides is 1. The Bertz CT molecular complexity index is 388. The van der Waals surface area contributed by atoms with Crippen LogP contribution in [-0.4, -0.2) is 23.2 Å². The van der Waals surface area contributed by atoms with E-state index in [2.05, 4.69) is 0 Å². The predicted octanol–water partition coefficient (Wildman–Crippen LogP) is 0.541. The summed E-state index contributed by atoms with van der Waals surface area (Å²) < 4.78 is 5.49. The van der Waals surface area contributed by atoms with Crippen molar-refractivity contribution in [2.45, 2.75) is 31.9 Å². The fourth-order valence-electron chi connectivity index (χ4n) is 1.44. The van der Waals surface area contributed by atoms with Gasteiger partial charge in [0.1, 0.15) is 5.75 Å². The molecular formula is C13H20N2O3. The van der Waals surface area contributed by atoms with E-state index < -0.39 is 11.4 Å². The molecule has 0 aliphatic rings. The third-order valence-electron chi connectivity index (χ3n) is 2.78. The van der Waals surface area contributed by atoms with E-state index >= 15 is 0 Å². The van der Waals surface area contributed by atoms with Crippen molar-refractivity contribution in [3.05, 3.63) is 29.8 Å². The molecule has 5 nitrogen and oxygen atoms in total. The van der Waals surface area contributed by atoms with Crippen molar-refractivity contribution in [3.8, 4) is 5.75 Å². The number of carbonyl (C=O) groups excluding carboxylic acids is 1. The number of carbonyl (C=O) groups is 1. The maximum absolute atomic E-state index is 11.0. The molecule has 0 radical (unpaired) electrons. The van der Waals surface area contributed by atoms with Gasteiger partial charge in [0.15, 0.2) is 0 Å². The Labute approximate surface area is 107 Å². The highest BCUT2D eigenvalue weighted by Gasteiger charge is 2.24. The van der Waals surface area contributed by atoms with E-state index in [1.54, 1.807) is 31.2 Å². The molecule has 18 heavy (non-hydrogen) atoms. The standard InChI is InChI=1S/C13H20N2O3/c1-13(15,12(14)17)7-2-8-18-11-5-3-10(9-16)4-6-11/h3-6,16H,2,7-9,15H2,1H3,(H2,14,17). The number of benzene rings is 1. The van der Waals surface area contributed by atoms with Gasteiger partial charge in [-0.3, -0.25) is 4.79 Å². The fraction of sp³-hybridized carbons (Fsp3) is 0.462. The molecule has 0 saturated heterocycles. The maximum atomic E-state index is 11.0. The van der Waals surface area contributed by atoms with Crippen molar-refractivity contribution in [1.82, 2.24) is 0 Å². The maximum Gasteiger partial charge on any atom is 0.237 e. The molecule has 1 unspecified atom stereocenters. The highest BCUT2D eigenvalue weighted by molar-refractivity contribution is 5.83. The molecule has 0 heterocycles. The Morgan fingerprint density at radius 3 is 2.50 bits per heavy atom. The molecule has 5 heteroatoms. The number of amides is 1. The second-order valence-electron chi connectivity index (χ2n) is 4.54. The normalized spacial score (nSPS) is 13.9. The average molecular weight is 252 g/mol. The van der Waals surface area contributed by atoms with Gasteiger partial charge in [-0.25, -0.2) is 0 Å². The largest absolute Gasteiger partial charge is 0.494 e. The summed E-state index contributed by atoms with van der Waals surface area (Å²) in [5.74, 6) is 0.222. The van der Waals surface area contributed by atoms with Gasteiger partial charge in [0.05, 0.1) is 18.8 Å². The number of nitrogens with two attached hydrogens (primary N) is 2. The lowest BCUT2D eigenvalue weighted by Gasteiger charge is -2.20. The van der Waals surface area contributed by atoms with Gasteiger partial charge in [-0.15, -0.1) is 0 Å². The molecule has 1 aromatic carbocycles. The van der Waals surface area contributed by atoms with E-state index in [1.807, 2.05) is 0 Å². The van der Waals surface area contributed by atoms with Gasteiger partial charge in [-0.2, -0.15) is 0 Å². The molecule has 0 fully saturated rings. The van der Waals surface area contributed by atoms with Crippen LogP contribution in [0, 0.1) is 0 Å². The van der Waals surface area contributed by atoms with Gasteiger partial charge >= 0.3 is 0 Å². The first-order valence-corrected chi connectivity index (χ1v) is 5.87. The van der Waals surface area contributed by atoms with Crippen molar-refractivity contribution >= 4 is 5.91 Å². The van der Waals surface area contributed by atoms with E-state index in [0.29, 0.717) is 19.4 Å². The monoisotopic (exact) mass is 252 g/mol. The van der Waals surface area contributed by atoms with E-state index in [0.717, 1.165) is 11.3 Å². The molecule has 0 saturated carbocycles. The SMILES string of the molecule is CC(N)(CCCOc1ccc(CO)cc1)C(N)=O. The van der Waals surface area contributed by atoms with Gasteiger partial charge in [-0.1, -0.05) is 12.1 Å². The van der Waals surface area contributed by atoms with Crippen LogP contribution in [0.4, 0.5) is 0 Å². The lowest BCUT2D eigenvalue weighted by molar-refractivity contribution is -0.122. The van der Waals surface area contributed by atoms with Crippen LogP contribution >= 0.6 is 0 Å². The van der Waals surface area contributed by atoms with Crippen LogP contribution in [0.1, 0.15) is 25.3 Å². The molecule has 0 bridgehead atoms. The smallest absolute Gasteiger partial charge is 0.237 e. The summed E-state index contributed by atoms with van der Waals surface area (Å²) in [6, 6.07) is 7.18. The molecule has 0 aliphatic carbocycles. The number of rotatable bonds is 7. The van der Waals surface area contributed by atoms with Crippen molar-refractivity contribution in [1.29, 1.82) is 0 Å². The van der Waals surface area contributed by atoms with Gasteiger partial charge in [0, 0.05) is 0 Å². The number of hydrogen-bond donors (Lipinski definition) is 3. The molecule has 5 N–H and O–H groups in total. The molecule has 0 aromatic heterocycles. The van der Waals surface area contributed by atoms with Crippen LogP contribution in [0.5, 0.6) is 5.75 Å². The van der Waals surface area contributed by atoms with Gasteiger partial charge < -0.3 is 21.3 Å². The molecule has 1 atom stereocenters. The summed E-state index contributed by atoms with van der Waals surface area (Å²) in [6.45, 7) is 2.11. The number of hydrogen-bond acceptors (Lipinski definition) is 4. The highest BCUT2D eigenvalue weighted by atomic mass is 16.5. The number of ether oxygens (including phenoxy) is 1. The first-order valence-electron chi connectivity index (χ1n) is 5.87. The summed E-state index contributed by atoms with van der Waals surface area (Å²) in [5, 5.41) is 8.89. The number of aliphatic hydroxyl groups excluding tert-OH is 1. The Balaban J connectivity index is 2.31. The Morgan fingerprint density at radius 2 is 2.00 bits per heavy atom. The van der Waals surface area contributed by atoms with Crippen molar-refractivity contribution in [2.75, 3.05) is 6.61 Å². The van der Waals surface area contributed by atoms with Crippen LogP contribution in [0.25, 0.3) is 0 Å². The van der Waals surface area contributed by atoms with Crippen molar-refractivity contribution in [2.24, 2.45) is 11.5 Å². The highest BCUT2D eigenvalue weighted by Crippen LogP contribution is 2.14. The lowest BCUT2D eigenvalue weighted by Crippen LogP contribution is -2.49. The summed E-state index contributed by atoms with van der Waals surface area (Å²) in [7, 11) is 0. The van der Waals surface area contributed by atoms with Crippen LogP contribution in [0.2, 0.25) is 0 Å². The van der Waals surface area contributed by atoms with Gasteiger partial charge in [0.2, 0.25) is 5.91 Å². The Kier molecular flexibility index (Phi) is 5.12. The van der Waals surface area contributed by atoms with E-state index in [4.69, 9.17) is 21.3 Å². The molecule has 0 aliphatic heterocycles. The van der Waals surface area contributed by atoms with Crippen molar-refractivity contribution in [3.63, 3.8) is 0 Å².